The van der Waals surface area contributed by atoms with Crippen LogP contribution in [0.15, 0.2) is 23.7 Å². The average molecular weight is 295 g/mol. The van der Waals surface area contributed by atoms with E-state index in [0.717, 1.165) is 28.8 Å². The lowest BCUT2D eigenvalue weighted by atomic mass is 10.1. The minimum atomic E-state index is -0.797. The number of aryl methyl sites for hydroxylation is 1. The molecule has 1 heterocycles. The molecule has 0 radical (unpaired) electrons. The van der Waals surface area contributed by atoms with Crippen molar-refractivity contribution in [1.82, 2.24) is 10.3 Å². The zero-order valence-electron chi connectivity index (χ0n) is 10.4. The van der Waals surface area contributed by atoms with Gasteiger partial charge in [0.25, 0.3) is 11.6 Å². The number of halogens is 1. The second-order valence-electron chi connectivity index (χ2n) is 3.96. The number of hydrogen-bond donors (Lipinski definition) is 1. The number of nitro benzene ring substituents is 1. The van der Waals surface area contributed by atoms with Crippen molar-refractivity contribution >= 4 is 22.9 Å². The van der Waals surface area contributed by atoms with Crippen LogP contribution in [0, 0.1) is 22.9 Å². The molecule has 1 aromatic heterocycles. The average Bonchev–Trinajstić information content (AvgIpc) is 2.81. The molecule has 6 nitrogen and oxygen atoms in total. The van der Waals surface area contributed by atoms with E-state index in [1.807, 2.05) is 0 Å². The Morgan fingerprint density at radius 2 is 2.30 bits per heavy atom. The third-order valence-corrected chi connectivity index (χ3v) is 3.59. The Morgan fingerprint density at radius 3 is 2.90 bits per heavy atom. The van der Waals surface area contributed by atoms with Gasteiger partial charge in [-0.2, -0.15) is 0 Å². The number of non-ortho nitro benzene ring substituents is 1. The summed E-state index contributed by atoms with van der Waals surface area (Å²) in [4.78, 5) is 26.7. The van der Waals surface area contributed by atoms with Gasteiger partial charge >= 0.3 is 0 Å². The van der Waals surface area contributed by atoms with Gasteiger partial charge in [-0.15, -0.1) is 11.3 Å². The van der Waals surface area contributed by atoms with Gasteiger partial charge in [-0.3, -0.25) is 14.9 Å². The van der Waals surface area contributed by atoms with Gasteiger partial charge in [0.05, 0.1) is 28.2 Å². The van der Waals surface area contributed by atoms with Crippen molar-refractivity contribution in [1.29, 1.82) is 0 Å². The van der Waals surface area contributed by atoms with E-state index < -0.39 is 16.6 Å². The Balaban J connectivity index is 2.15. The van der Waals surface area contributed by atoms with Gasteiger partial charge in [-0.05, 0) is 13.0 Å². The van der Waals surface area contributed by atoms with Crippen LogP contribution < -0.4 is 5.32 Å². The van der Waals surface area contributed by atoms with Crippen LogP contribution in [0.1, 0.15) is 20.9 Å². The van der Waals surface area contributed by atoms with E-state index in [0.29, 0.717) is 0 Å². The summed E-state index contributed by atoms with van der Waals surface area (Å²) in [6.45, 7) is 2.00. The molecular weight excluding hydrogens is 285 g/mol. The summed E-state index contributed by atoms with van der Waals surface area (Å²) in [7, 11) is 0. The lowest BCUT2D eigenvalue weighted by molar-refractivity contribution is -0.384. The van der Waals surface area contributed by atoms with Crippen LogP contribution in [0.5, 0.6) is 0 Å². The first-order valence-electron chi connectivity index (χ1n) is 5.60. The summed E-state index contributed by atoms with van der Waals surface area (Å²) in [6.07, 6.45) is 0. The molecule has 0 bridgehead atoms. The highest BCUT2D eigenvalue weighted by Gasteiger charge is 2.17. The van der Waals surface area contributed by atoms with Gasteiger partial charge in [-0.1, -0.05) is 0 Å². The van der Waals surface area contributed by atoms with Crippen molar-refractivity contribution < 1.29 is 14.1 Å². The summed E-state index contributed by atoms with van der Waals surface area (Å²) in [6, 6.07) is 2.84. The third kappa shape index (κ3) is 2.97. The Hall–Kier alpha value is -2.35. The molecule has 1 amide bonds. The SMILES string of the molecule is Cc1ncsc1CNC(=O)c1cc([N+](=O)[O-])ccc1F. The maximum absolute atomic E-state index is 13.5. The summed E-state index contributed by atoms with van der Waals surface area (Å²) < 4.78 is 13.5. The van der Waals surface area contributed by atoms with E-state index in [1.165, 1.54) is 11.3 Å². The first kappa shape index (κ1) is 14.1. The van der Waals surface area contributed by atoms with E-state index in [1.54, 1.807) is 12.4 Å². The molecule has 0 spiro atoms. The van der Waals surface area contributed by atoms with E-state index >= 15 is 0 Å². The van der Waals surface area contributed by atoms with E-state index in [9.17, 15) is 19.3 Å². The van der Waals surface area contributed by atoms with Crippen LogP contribution in [0.4, 0.5) is 10.1 Å². The van der Waals surface area contributed by atoms with Crippen molar-refractivity contribution in [3.63, 3.8) is 0 Å². The highest BCUT2D eigenvalue weighted by Crippen LogP contribution is 2.17. The zero-order valence-corrected chi connectivity index (χ0v) is 11.2. The summed E-state index contributed by atoms with van der Waals surface area (Å²) >= 11 is 1.37. The lowest BCUT2D eigenvalue weighted by Gasteiger charge is -2.05. The molecule has 104 valence electrons. The number of carbonyl (C=O) groups is 1. The van der Waals surface area contributed by atoms with Crippen LogP contribution in [0.3, 0.4) is 0 Å². The highest BCUT2D eigenvalue weighted by atomic mass is 32.1. The van der Waals surface area contributed by atoms with Crippen LogP contribution in [-0.2, 0) is 6.54 Å². The van der Waals surface area contributed by atoms with E-state index in [4.69, 9.17) is 0 Å². The Bertz CT molecular complexity index is 672. The Kier molecular flexibility index (Phi) is 4.04. The molecule has 0 aliphatic rings. The van der Waals surface area contributed by atoms with Crippen LogP contribution in [-0.4, -0.2) is 15.8 Å². The number of nitro groups is 1. The molecule has 0 aliphatic carbocycles. The fourth-order valence-electron chi connectivity index (χ4n) is 1.55. The fourth-order valence-corrected chi connectivity index (χ4v) is 2.27. The minimum absolute atomic E-state index is 0.206. The Morgan fingerprint density at radius 1 is 1.55 bits per heavy atom. The zero-order chi connectivity index (χ0) is 14.7. The molecule has 0 atom stereocenters. The number of rotatable bonds is 4. The van der Waals surface area contributed by atoms with Gasteiger partial charge < -0.3 is 5.32 Å². The predicted molar refractivity (Wildman–Crippen MR) is 71.1 cm³/mol. The van der Waals surface area contributed by atoms with E-state index in [2.05, 4.69) is 10.3 Å². The molecule has 20 heavy (non-hydrogen) atoms. The second-order valence-corrected chi connectivity index (χ2v) is 4.90. The standard InChI is InChI=1S/C12H10FN3O3S/c1-7-11(20-6-15-7)5-14-12(17)9-4-8(16(18)19)2-3-10(9)13/h2-4,6H,5H2,1H3,(H,14,17). The fraction of sp³-hybridized carbons (Fsp3) is 0.167. The van der Waals surface area contributed by atoms with Crippen molar-refractivity contribution in [2.75, 3.05) is 0 Å². The molecule has 1 aromatic carbocycles. The van der Waals surface area contributed by atoms with Crippen LogP contribution >= 0.6 is 11.3 Å². The first-order chi connectivity index (χ1) is 9.49. The normalized spacial score (nSPS) is 10.3. The molecule has 2 rings (SSSR count). The quantitative estimate of drug-likeness (QED) is 0.693. The molecule has 1 N–H and O–H groups in total. The molecule has 0 saturated heterocycles. The number of nitrogens with zero attached hydrogens (tertiary/aromatic N) is 2. The summed E-state index contributed by atoms with van der Waals surface area (Å²) in [5, 5.41) is 13.1. The number of thiazole rings is 1. The van der Waals surface area contributed by atoms with Crippen LogP contribution in [0.25, 0.3) is 0 Å². The largest absolute Gasteiger partial charge is 0.347 e. The first-order valence-corrected chi connectivity index (χ1v) is 6.48. The number of hydrogen-bond acceptors (Lipinski definition) is 5. The molecule has 0 saturated carbocycles. The van der Waals surface area contributed by atoms with Gasteiger partial charge in [0.15, 0.2) is 0 Å². The number of benzene rings is 1. The number of aromatic nitrogens is 1. The lowest BCUT2D eigenvalue weighted by Crippen LogP contribution is -2.23. The van der Waals surface area contributed by atoms with Gasteiger partial charge in [0, 0.05) is 17.0 Å². The molecule has 8 heteroatoms. The molecular formula is C12H10FN3O3S. The molecule has 0 fully saturated rings. The third-order valence-electron chi connectivity index (χ3n) is 2.66. The smallest absolute Gasteiger partial charge is 0.270 e. The van der Waals surface area contributed by atoms with Crippen molar-refractivity contribution in [3.8, 4) is 0 Å². The molecule has 2 aromatic rings. The van der Waals surface area contributed by atoms with Gasteiger partial charge in [0.2, 0.25) is 0 Å². The Labute approximate surface area is 117 Å². The van der Waals surface area contributed by atoms with Gasteiger partial charge in [0.1, 0.15) is 5.82 Å². The van der Waals surface area contributed by atoms with Crippen molar-refractivity contribution in [2.24, 2.45) is 0 Å². The maximum Gasteiger partial charge on any atom is 0.270 e. The highest BCUT2D eigenvalue weighted by molar-refractivity contribution is 7.09. The number of amides is 1. The second kappa shape index (κ2) is 5.74. The summed E-state index contributed by atoms with van der Waals surface area (Å²) in [5.74, 6) is -1.49. The minimum Gasteiger partial charge on any atom is -0.347 e. The summed E-state index contributed by atoms with van der Waals surface area (Å²) in [5.41, 5.74) is 1.76. The molecule has 0 unspecified atom stereocenters. The van der Waals surface area contributed by atoms with Crippen molar-refractivity contribution in [2.45, 2.75) is 13.5 Å². The maximum atomic E-state index is 13.5. The van der Waals surface area contributed by atoms with Gasteiger partial charge in [-0.25, -0.2) is 9.37 Å². The monoisotopic (exact) mass is 295 g/mol. The molecule has 0 aliphatic heterocycles. The predicted octanol–water partition coefficient (Wildman–Crippen LogP) is 2.43. The van der Waals surface area contributed by atoms with E-state index in [-0.39, 0.29) is 17.8 Å². The number of carbonyl (C=O) groups excluding carboxylic acids is 1. The van der Waals surface area contributed by atoms with Crippen LogP contribution in [0.2, 0.25) is 0 Å². The van der Waals surface area contributed by atoms with Crippen molar-refractivity contribution in [3.05, 3.63) is 55.8 Å². The topological polar surface area (TPSA) is 85.1 Å². The number of nitrogens with one attached hydrogen (secondary N) is 1.